The quantitative estimate of drug-likeness (QED) is 0.705. The first kappa shape index (κ1) is 15.6. The zero-order valence-electron chi connectivity index (χ0n) is 12.7. The molecule has 0 aromatic heterocycles. The maximum absolute atomic E-state index is 5.32. The number of ether oxygens (including phenoxy) is 2. The summed E-state index contributed by atoms with van der Waals surface area (Å²) in [5.74, 6) is 1.58. The van der Waals surface area contributed by atoms with Crippen molar-refractivity contribution in [3.8, 4) is 11.5 Å². The van der Waals surface area contributed by atoms with Crippen molar-refractivity contribution in [1.29, 1.82) is 0 Å². The Morgan fingerprint density at radius 3 is 2.47 bits per heavy atom. The molecule has 1 aromatic rings. The molecule has 0 atom stereocenters. The van der Waals surface area contributed by atoms with Gasteiger partial charge in [-0.2, -0.15) is 0 Å². The topological polar surface area (TPSA) is 21.7 Å². The van der Waals surface area contributed by atoms with E-state index in [1.165, 1.54) is 11.1 Å². The van der Waals surface area contributed by atoms with Crippen LogP contribution < -0.4 is 9.47 Å². The van der Waals surface area contributed by atoms with Crippen LogP contribution in [0, 0.1) is 0 Å². The highest BCUT2D eigenvalue weighted by Crippen LogP contribution is 2.27. The van der Waals surface area contributed by atoms with E-state index in [0.717, 1.165) is 31.0 Å². The molecule has 0 N–H and O–H groups in total. The summed E-state index contributed by atoms with van der Waals surface area (Å²) in [4.78, 5) is 2.33. The van der Waals surface area contributed by atoms with Gasteiger partial charge >= 0.3 is 0 Å². The second-order valence-corrected chi connectivity index (χ2v) is 4.81. The molecular weight excluding hydrogens is 238 g/mol. The smallest absolute Gasteiger partial charge is 0.160 e. The molecule has 1 aromatic carbocycles. The van der Waals surface area contributed by atoms with Crippen molar-refractivity contribution < 1.29 is 9.47 Å². The van der Waals surface area contributed by atoms with E-state index in [-0.39, 0.29) is 0 Å². The molecule has 3 heteroatoms. The van der Waals surface area contributed by atoms with Crippen molar-refractivity contribution in [2.75, 3.05) is 34.4 Å². The molecule has 1 rings (SSSR count). The third-order valence-corrected chi connectivity index (χ3v) is 3.24. The van der Waals surface area contributed by atoms with Crippen LogP contribution in [0.4, 0.5) is 0 Å². The van der Waals surface area contributed by atoms with E-state index in [0.29, 0.717) is 0 Å². The summed E-state index contributed by atoms with van der Waals surface area (Å²) < 4.78 is 10.6. The van der Waals surface area contributed by atoms with Gasteiger partial charge in [0.05, 0.1) is 14.2 Å². The average Bonchev–Trinajstić information content (AvgIpc) is 2.44. The van der Waals surface area contributed by atoms with Crippen LogP contribution in [-0.2, 0) is 6.42 Å². The standard InChI is InChI=1S/C16H25NO2/c1-6-13(2)12-17(3)10-9-14-7-8-15(18-4)16(11-14)19-5/h6-8,11H,9-10,12H2,1-5H3/b13-6+. The molecule has 106 valence electrons. The SMILES string of the molecule is C/C=C(\C)CN(C)CCc1ccc(OC)c(OC)c1. The van der Waals surface area contributed by atoms with E-state index in [4.69, 9.17) is 9.47 Å². The van der Waals surface area contributed by atoms with Crippen molar-refractivity contribution in [1.82, 2.24) is 4.90 Å². The van der Waals surface area contributed by atoms with Crippen LogP contribution in [0.15, 0.2) is 29.8 Å². The molecule has 0 heterocycles. The Balaban J connectivity index is 2.58. The summed E-state index contributed by atoms with van der Waals surface area (Å²) in [5, 5.41) is 0. The van der Waals surface area contributed by atoms with Gasteiger partial charge < -0.3 is 14.4 Å². The Hall–Kier alpha value is -1.48. The van der Waals surface area contributed by atoms with Gasteiger partial charge in [-0.3, -0.25) is 0 Å². The summed E-state index contributed by atoms with van der Waals surface area (Å²) in [6.07, 6.45) is 3.17. The summed E-state index contributed by atoms with van der Waals surface area (Å²) in [6, 6.07) is 6.11. The first-order valence-corrected chi connectivity index (χ1v) is 6.62. The molecule has 3 nitrogen and oxygen atoms in total. The minimum atomic E-state index is 0.782. The number of hydrogen-bond donors (Lipinski definition) is 0. The average molecular weight is 263 g/mol. The van der Waals surface area contributed by atoms with E-state index < -0.39 is 0 Å². The van der Waals surface area contributed by atoms with Crippen LogP contribution in [0.1, 0.15) is 19.4 Å². The third kappa shape index (κ3) is 4.95. The normalized spacial score (nSPS) is 11.8. The first-order valence-electron chi connectivity index (χ1n) is 6.62. The molecule has 0 fully saturated rings. The minimum absolute atomic E-state index is 0.782. The van der Waals surface area contributed by atoms with Gasteiger partial charge in [0.2, 0.25) is 0 Å². The van der Waals surface area contributed by atoms with Crippen LogP contribution in [0.5, 0.6) is 11.5 Å². The molecule has 19 heavy (non-hydrogen) atoms. The lowest BCUT2D eigenvalue weighted by atomic mass is 10.1. The maximum atomic E-state index is 5.32. The maximum Gasteiger partial charge on any atom is 0.160 e. The van der Waals surface area contributed by atoms with Crippen molar-refractivity contribution in [3.05, 3.63) is 35.4 Å². The van der Waals surface area contributed by atoms with Gasteiger partial charge in [-0.1, -0.05) is 17.7 Å². The van der Waals surface area contributed by atoms with Crippen LogP contribution in [0.2, 0.25) is 0 Å². The highest BCUT2D eigenvalue weighted by atomic mass is 16.5. The molecule has 0 unspecified atom stereocenters. The molecule has 0 spiro atoms. The number of methoxy groups -OCH3 is 2. The zero-order valence-corrected chi connectivity index (χ0v) is 12.7. The minimum Gasteiger partial charge on any atom is -0.493 e. The number of rotatable bonds is 7. The fourth-order valence-electron chi connectivity index (χ4n) is 1.95. The molecule has 0 aliphatic carbocycles. The summed E-state index contributed by atoms with van der Waals surface area (Å²) >= 11 is 0. The van der Waals surface area contributed by atoms with Gasteiger partial charge in [0.1, 0.15) is 0 Å². The largest absolute Gasteiger partial charge is 0.493 e. The second kappa shape index (κ2) is 7.85. The van der Waals surface area contributed by atoms with Gasteiger partial charge in [0.25, 0.3) is 0 Å². The summed E-state index contributed by atoms with van der Waals surface area (Å²) in [6.45, 7) is 6.29. The fraction of sp³-hybridized carbons (Fsp3) is 0.500. The monoisotopic (exact) mass is 263 g/mol. The Labute approximate surface area is 116 Å². The van der Waals surface area contributed by atoms with Gasteiger partial charge in [-0.25, -0.2) is 0 Å². The van der Waals surface area contributed by atoms with Gasteiger partial charge in [0.15, 0.2) is 11.5 Å². The Morgan fingerprint density at radius 2 is 1.89 bits per heavy atom. The van der Waals surface area contributed by atoms with E-state index in [1.807, 2.05) is 6.07 Å². The molecule has 0 aliphatic heterocycles. The molecule has 0 amide bonds. The van der Waals surface area contributed by atoms with Crippen LogP contribution in [0.3, 0.4) is 0 Å². The zero-order chi connectivity index (χ0) is 14.3. The van der Waals surface area contributed by atoms with E-state index >= 15 is 0 Å². The number of benzene rings is 1. The molecule has 0 bridgehead atoms. The first-order chi connectivity index (χ1) is 9.10. The predicted molar refractivity (Wildman–Crippen MR) is 80.2 cm³/mol. The summed E-state index contributed by atoms with van der Waals surface area (Å²) in [7, 11) is 5.47. The molecule has 0 saturated heterocycles. The Morgan fingerprint density at radius 1 is 1.21 bits per heavy atom. The number of hydrogen-bond acceptors (Lipinski definition) is 3. The molecule has 0 radical (unpaired) electrons. The van der Waals surface area contributed by atoms with Gasteiger partial charge in [0, 0.05) is 13.1 Å². The highest BCUT2D eigenvalue weighted by Gasteiger charge is 2.05. The van der Waals surface area contributed by atoms with Crippen LogP contribution in [-0.4, -0.2) is 39.3 Å². The van der Waals surface area contributed by atoms with Gasteiger partial charge in [-0.05, 0) is 45.0 Å². The number of likely N-dealkylation sites (N-methyl/N-ethyl adjacent to an activating group) is 1. The van der Waals surface area contributed by atoms with E-state index in [2.05, 4.69) is 44.0 Å². The lowest BCUT2D eigenvalue weighted by molar-refractivity contribution is 0.352. The highest BCUT2D eigenvalue weighted by molar-refractivity contribution is 5.42. The Bertz CT molecular complexity index is 427. The van der Waals surface area contributed by atoms with E-state index in [9.17, 15) is 0 Å². The molecular formula is C16H25NO2. The van der Waals surface area contributed by atoms with Gasteiger partial charge in [-0.15, -0.1) is 0 Å². The molecule has 0 saturated carbocycles. The number of nitrogens with zero attached hydrogens (tertiary/aromatic N) is 1. The number of allylic oxidation sites excluding steroid dienone is 1. The Kier molecular flexibility index (Phi) is 6.43. The molecule has 0 aliphatic rings. The van der Waals surface area contributed by atoms with Crippen molar-refractivity contribution in [2.24, 2.45) is 0 Å². The second-order valence-electron chi connectivity index (χ2n) is 4.81. The van der Waals surface area contributed by atoms with Crippen molar-refractivity contribution in [2.45, 2.75) is 20.3 Å². The lowest BCUT2D eigenvalue weighted by Gasteiger charge is -2.17. The fourth-order valence-corrected chi connectivity index (χ4v) is 1.95. The van der Waals surface area contributed by atoms with Crippen LogP contribution >= 0.6 is 0 Å². The van der Waals surface area contributed by atoms with Crippen molar-refractivity contribution in [3.63, 3.8) is 0 Å². The predicted octanol–water partition coefficient (Wildman–Crippen LogP) is 3.14. The van der Waals surface area contributed by atoms with Crippen molar-refractivity contribution >= 4 is 0 Å². The third-order valence-electron chi connectivity index (χ3n) is 3.24. The lowest BCUT2D eigenvalue weighted by Crippen LogP contribution is -2.23. The summed E-state index contributed by atoms with van der Waals surface area (Å²) in [5.41, 5.74) is 2.66. The van der Waals surface area contributed by atoms with E-state index in [1.54, 1.807) is 14.2 Å². The van der Waals surface area contributed by atoms with Crippen LogP contribution in [0.25, 0.3) is 0 Å².